The zero-order valence-corrected chi connectivity index (χ0v) is 10.5. The molecule has 0 spiro atoms. The molecule has 0 heterocycles. The predicted molar refractivity (Wildman–Crippen MR) is 51.3 cm³/mol. The van der Waals surface area contributed by atoms with E-state index in [1.807, 2.05) is 0 Å². The van der Waals surface area contributed by atoms with Gasteiger partial charge in [0, 0.05) is 0 Å². The van der Waals surface area contributed by atoms with Gasteiger partial charge in [-0.1, -0.05) is 0 Å². The van der Waals surface area contributed by atoms with Gasteiger partial charge in [-0.3, -0.25) is 0 Å². The minimum atomic E-state index is 0.971. The van der Waals surface area contributed by atoms with E-state index in [-0.39, 0.29) is 0 Å². The standard InChI is InChI=1S/C8H18Se2/c1-3-9-7-5-6-8-10-4-2/h3-8H2,1-2H3. The van der Waals surface area contributed by atoms with Crippen LogP contribution in [0.4, 0.5) is 0 Å². The van der Waals surface area contributed by atoms with Crippen LogP contribution in [0.5, 0.6) is 0 Å². The van der Waals surface area contributed by atoms with E-state index in [0.29, 0.717) is 0 Å². The molecule has 0 radical (unpaired) electrons. The Labute approximate surface area is 77.9 Å². The first-order chi connectivity index (χ1) is 4.91. The van der Waals surface area contributed by atoms with Crippen LogP contribution < -0.4 is 0 Å². The van der Waals surface area contributed by atoms with Crippen molar-refractivity contribution in [3.05, 3.63) is 0 Å². The van der Waals surface area contributed by atoms with Crippen LogP contribution in [0.3, 0.4) is 0 Å². The Morgan fingerprint density at radius 2 is 1.20 bits per heavy atom. The van der Waals surface area contributed by atoms with Gasteiger partial charge in [-0.15, -0.1) is 0 Å². The Balaban J connectivity index is 2.65. The van der Waals surface area contributed by atoms with E-state index in [2.05, 4.69) is 13.8 Å². The molecule has 0 aromatic carbocycles. The molecule has 0 bridgehead atoms. The fraction of sp³-hybridized carbons (Fsp3) is 1.00. The van der Waals surface area contributed by atoms with Gasteiger partial charge in [0.2, 0.25) is 0 Å². The van der Waals surface area contributed by atoms with Crippen LogP contribution >= 0.6 is 0 Å². The van der Waals surface area contributed by atoms with E-state index >= 15 is 0 Å². The molecule has 0 saturated carbocycles. The molecule has 0 aliphatic rings. The molecule has 0 rings (SSSR count). The SMILES string of the molecule is CC[Se]CCCC[Se]CC. The van der Waals surface area contributed by atoms with Gasteiger partial charge in [-0.05, 0) is 0 Å². The van der Waals surface area contributed by atoms with Crippen molar-refractivity contribution in [2.24, 2.45) is 0 Å². The summed E-state index contributed by atoms with van der Waals surface area (Å²) in [5, 5.41) is 5.93. The number of unbranched alkanes of at least 4 members (excludes halogenated alkanes) is 1. The molecule has 0 atom stereocenters. The molecule has 0 aromatic heterocycles. The molecule has 62 valence electrons. The van der Waals surface area contributed by atoms with Crippen LogP contribution in [0.2, 0.25) is 21.3 Å². The second-order valence-electron chi connectivity index (χ2n) is 2.10. The summed E-state index contributed by atoms with van der Waals surface area (Å²) < 4.78 is 0. The van der Waals surface area contributed by atoms with Gasteiger partial charge < -0.3 is 0 Å². The van der Waals surface area contributed by atoms with Gasteiger partial charge in [-0.2, -0.15) is 0 Å². The molecule has 10 heavy (non-hydrogen) atoms. The van der Waals surface area contributed by atoms with Crippen molar-refractivity contribution in [2.75, 3.05) is 0 Å². The summed E-state index contributed by atoms with van der Waals surface area (Å²) in [6.07, 6.45) is 3.02. The number of rotatable bonds is 7. The van der Waals surface area contributed by atoms with Crippen molar-refractivity contribution in [1.29, 1.82) is 0 Å². The maximum absolute atomic E-state index is 2.30. The minimum absolute atomic E-state index is 0.971. The summed E-state index contributed by atoms with van der Waals surface area (Å²) in [7, 11) is 0. The summed E-state index contributed by atoms with van der Waals surface area (Å²) in [4.78, 5) is 0. The monoisotopic (exact) mass is 274 g/mol. The molecule has 0 aliphatic carbocycles. The quantitative estimate of drug-likeness (QED) is 0.494. The van der Waals surface area contributed by atoms with E-state index < -0.39 is 0 Å². The molecule has 0 unspecified atom stereocenters. The van der Waals surface area contributed by atoms with Crippen LogP contribution in [0.1, 0.15) is 26.7 Å². The van der Waals surface area contributed by atoms with Crippen LogP contribution in [0.25, 0.3) is 0 Å². The van der Waals surface area contributed by atoms with E-state index in [4.69, 9.17) is 0 Å². The molecule has 0 fully saturated rings. The summed E-state index contributed by atoms with van der Waals surface area (Å²) in [6, 6.07) is 0. The number of hydrogen-bond donors (Lipinski definition) is 0. The van der Waals surface area contributed by atoms with Gasteiger partial charge in [0.15, 0.2) is 0 Å². The summed E-state index contributed by atoms with van der Waals surface area (Å²) in [6.45, 7) is 4.60. The van der Waals surface area contributed by atoms with Crippen molar-refractivity contribution in [3.8, 4) is 0 Å². The zero-order chi connectivity index (χ0) is 7.66. The van der Waals surface area contributed by atoms with Crippen molar-refractivity contribution >= 4 is 29.9 Å². The van der Waals surface area contributed by atoms with Crippen molar-refractivity contribution < 1.29 is 0 Å². The topological polar surface area (TPSA) is 0 Å². The molecule has 0 aromatic rings. The molecule has 0 aliphatic heterocycles. The third kappa shape index (κ3) is 9.04. The van der Waals surface area contributed by atoms with E-state index in [0.717, 1.165) is 29.9 Å². The van der Waals surface area contributed by atoms with Crippen LogP contribution in [0, 0.1) is 0 Å². The average molecular weight is 272 g/mol. The molecular formula is C8H18Se2. The Hall–Kier alpha value is 1.04. The molecular weight excluding hydrogens is 254 g/mol. The molecule has 0 saturated heterocycles. The third-order valence-corrected chi connectivity index (χ3v) is 5.37. The first-order valence-electron chi connectivity index (χ1n) is 4.07. The summed E-state index contributed by atoms with van der Waals surface area (Å²) >= 11 is 1.94. The van der Waals surface area contributed by atoms with Crippen LogP contribution in [-0.4, -0.2) is 29.9 Å². The molecule has 0 N–H and O–H groups in total. The number of hydrogen-bond acceptors (Lipinski definition) is 0. The Bertz CT molecular complexity index is 47.2. The van der Waals surface area contributed by atoms with Crippen molar-refractivity contribution in [1.82, 2.24) is 0 Å². The Kier molecular flexibility index (Phi) is 11.1. The second kappa shape index (κ2) is 10.0. The summed E-state index contributed by atoms with van der Waals surface area (Å²) in [5.41, 5.74) is 0. The fourth-order valence-electron chi connectivity index (χ4n) is 0.697. The fourth-order valence-corrected chi connectivity index (χ4v) is 3.62. The normalized spacial score (nSPS) is 10.2. The third-order valence-electron chi connectivity index (χ3n) is 1.24. The van der Waals surface area contributed by atoms with Gasteiger partial charge >= 0.3 is 77.9 Å². The van der Waals surface area contributed by atoms with E-state index in [1.54, 1.807) is 0 Å². The van der Waals surface area contributed by atoms with Gasteiger partial charge in [0.05, 0.1) is 0 Å². The molecule has 0 amide bonds. The first-order valence-corrected chi connectivity index (χ1v) is 8.91. The van der Waals surface area contributed by atoms with Gasteiger partial charge in [-0.25, -0.2) is 0 Å². The van der Waals surface area contributed by atoms with Gasteiger partial charge in [0.1, 0.15) is 0 Å². The van der Waals surface area contributed by atoms with Crippen LogP contribution in [0.15, 0.2) is 0 Å². The zero-order valence-electron chi connectivity index (χ0n) is 7.06. The molecule has 2 heteroatoms. The predicted octanol–water partition coefficient (Wildman–Crippen LogP) is 2.89. The van der Waals surface area contributed by atoms with Gasteiger partial charge in [0.25, 0.3) is 0 Å². The summed E-state index contributed by atoms with van der Waals surface area (Å²) in [5.74, 6) is 0. The van der Waals surface area contributed by atoms with E-state index in [9.17, 15) is 0 Å². The Morgan fingerprint density at radius 1 is 0.800 bits per heavy atom. The van der Waals surface area contributed by atoms with E-state index in [1.165, 1.54) is 34.1 Å². The second-order valence-corrected chi connectivity index (χ2v) is 7.95. The van der Waals surface area contributed by atoms with Crippen molar-refractivity contribution in [2.45, 2.75) is 48.0 Å². The van der Waals surface area contributed by atoms with Crippen LogP contribution in [-0.2, 0) is 0 Å². The Morgan fingerprint density at radius 3 is 1.50 bits per heavy atom. The average Bonchev–Trinajstić information content (AvgIpc) is 1.97. The molecule has 0 nitrogen and oxygen atoms in total. The van der Waals surface area contributed by atoms with Crippen molar-refractivity contribution in [3.63, 3.8) is 0 Å². The maximum atomic E-state index is 2.30. The first kappa shape index (κ1) is 11.0.